The van der Waals surface area contributed by atoms with Crippen LogP contribution in [0.5, 0.6) is 0 Å². The van der Waals surface area contributed by atoms with Gasteiger partial charge in [0.2, 0.25) is 0 Å². The van der Waals surface area contributed by atoms with Crippen LogP contribution in [0, 0.1) is 0 Å². The lowest BCUT2D eigenvalue weighted by Gasteiger charge is -2.38. The Labute approximate surface area is 173 Å². The third-order valence-electron chi connectivity index (χ3n) is 5.07. The van der Waals surface area contributed by atoms with Crippen molar-refractivity contribution >= 4 is 22.6 Å². The van der Waals surface area contributed by atoms with E-state index in [-0.39, 0.29) is 11.5 Å². The van der Waals surface area contributed by atoms with Gasteiger partial charge in [0, 0.05) is 19.3 Å². The van der Waals surface area contributed by atoms with E-state index in [1.165, 1.54) is 11.8 Å². The summed E-state index contributed by atoms with van der Waals surface area (Å²) in [6.45, 7) is 3.52. The molecule has 9 nitrogen and oxygen atoms in total. The van der Waals surface area contributed by atoms with Crippen molar-refractivity contribution in [3.8, 4) is 0 Å². The Hall–Kier alpha value is -2.14. The Morgan fingerprint density at radius 1 is 1.28 bits per heavy atom. The zero-order valence-corrected chi connectivity index (χ0v) is 17.2. The Morgan fingerprint density at radius 2 is 2.07 bits per heavy atom. The maximum Gasteiger partial charge on any atom is 0.159 e. The number of aliphatic hydroxyl groups excluding tert-OH is 2. The summed E-state index contributed by atoms with van der Waals surface area (Å²) in [7, 11) is 2.00. The second-order valence-corrected chi connectivity index (χ2v) is 8.30. The van der Waals surface area contributed by atoms with Gasteiger partial charge < -0.3 is 25.2 Å². The molecule has 2 aliphatic rings. The molecule has 10 heteroatoms. The molecule has 0 unspecified atom stereocenters. The average molecular weight is 419 g/mol. The van der Waals surface area contributed by atoms with E-state index in [0.717, 1.165) is 16.5 Å². The molecule has 0 spiro atoms. The second kappa shape index (κ2) is 8.70. The van der Waals surface area contributed by atoms with Gasteiger partial charge in [-0.15, -0.1) is 5.10 Å². The number of nitrogens with one attached hydrogen (secondary N) is 1. The quantitative estimate of drug-likeness (QED) is 0.620. The minimum absolute atomic E-state index is 0.295. The number of aliphatic imine (C=N–C) groups is 1. The number of aliphatic hydroxyl groups is 2. The molecule has 0 amide bonds. The summed E-state index contributed by atoms with van der Waals surface area (Å²) < 4.78 is 7.70. The molecule has 2 aliphatic heterocycles. The van der Waals surface area contributed by atoms with Gasteiger partial charge in [0.1, 0.15) is 29.4 Å². The molecule has 1 aromatic carbocycles. The Morgan fingerprint density at radius 3 is 2.83 bits per heavy atom. The Kier molecular flexibility index (Phi) is 6.04. The second-order valence-electron chi connectivity index (χ2n) is 7.22. The van der Waals surface area contributed by atoms with Crippen molar-refractivity contribution < 1.29 is 14.9 Å². The lowest BCUT2D eigenvalue weighted by atomic mass is 9.98. The van der Waals surface area contributed by atoms with E-state index in [2.05, 4.69) is 25.5 Å². The number of anilines is 1. The molecule has 1 aromatic heterocycles. The number of nitrogens with zero attached hydrogens (tertiary/aromatic N) is 5. The van der Waals surface area contributed by atoms with E-state index < -0.39 is 18.3 Å². The third-order valence-corrected chi connectivity index (χ3v) is 6.18. The summed E-state index contributed by atoms with van der Waals surface area (Å²) in [4.78, 5) is 6.42. The van der Waals surface area contributed by atoms with E-state index in [1.54, 1.807) is 4.68 Å². The molecular formula is C19H26N6O3S. The molecule has 2 aromatic rings. The van der Waals surface area contributed by atoms with Crippen molar-refractivity contribution in [3.63, 3.8) is 0 Å². The van der Waals surface area contributed by atoms with Crippen molar-refractivity contribution in [3.05, 3.63) is 42.2 Å². The van der Waals surface area contributed by atoms with Crippen LogP contribution in [0.3, 0.4) is 0 Å². The fraction of sp³-hybridized carbons (Fsp3) is 0.526. The van der Waals surface area contributed by atoms with Crippen molar-refractivity contribution in [1.29, 1.82) is 0 Å². The molecular weight excluding hydrogens is 392 g/mol. The molecule has 4 rings (SSSR count). The monoisotopic (exact) mass is 418 g/mol. The molecule has 0 radical (unpaired) electrons. The van der Waals surface area contributed by atoms with Gasteiger partial charge in [-0.2, -0.15) is 0 Å². The van der Waals surface area contributed by atoms with Crippen molar-refractivity contribution in [2.45, 2.75) is 49.8 Å². The molecule has 2 saturated heterocycles. The number of aromatic nitrogens is 3. The molecule has 3 N–H and O–H groups in total. The van der Waals surface area contributed by atoms with E-state index in [1.807, 2.05) is 50.5 Å². The van der Waals surface area contributed by atoms with Crippen LogP contribution in [0.1, 0.15) is 12.6 Å². The van der Waals surface area contributed by atoms with Crippen molar-refractivity contribution in [2.24, 2.45) is 4.99 Å². The standard InChI is InChI=1S/C19H26N6O3S/c1-3-20-19-21-15-17(27)16(26)14(28-18(15)29-19)11-25-10-12(22-23-25)9-24(2)13-7-5-4-6-8-13/h4-8,10,14-18,26-27H,3,9,11H2,1-2H3,(H,20,21)/t14-,15-,16-,17-,18-/m1/s1. The number of amidine groups is 1. The van der Waals surface area contributed by atoms with Gasteiger partial charge in [-0.05, 0) is 19.1 Å². The fourth-order valence-electron chi connectivity index (χ4n) is 3.55. The SMILES string of the molecule is CCN=C1N[C@@H]2[C@@H](O)[C@H](O)[C@@H](Cn3cc(CN(C)c4ccccc4)nn3)O[C@@H]2S1. The summed E-state index contributed by atoms with van der Waals surface area (Å²) in [6, 6.07) is 9.68. The number of rotatable bonds is 6. The predicted molar refractivity (Wildman–Crippen MR) is 112 cm³/mol. The summed E-state index contributed by atoms with van der Waals surface area (Å²) >= 11 is 1.44. The maximum atomic E-state index is 10.5. The largest absolute Gasteiger partial charge is 0.388 e. The van der Waals surface area contributed by atoms with Gasteiger partial charge in [0.25, 0.3) is 0 Å². The highest BCUT2D eigenvalue weighted by Gasteiger charge is 2.49. The van der Waals surface area contributed by atoms with Crippen molar-refractivity contribution in [2.75, 3.05) is 18.5 Å². The van der Waals surface area contributed by atoms with E-state index in [9.17, 15) is 10.2 Å². The first-order chi connectivity index (χ1) is 14.0. The van der Waals surface area contributed by atoms with Crippen LogP contribution >= 0.6 is 11.8 Å². The lowest BCUT2D eigenvalue weighted by molar-refractivity contribution is -0.160. The van der Waals surface area contributed by atoms with Crippen LogP contribution in [0.25, 0.3) is 0 Å². The smallest absolute Gasteiger partial charge is 0.159 e. The van der Waals surface area contributed by atoms with Gasteiger partial charge in [-0.1, -0.05) is 35.2 Å². The highest BCUT2D eigenvalue weighted by Crippen LogP contribution is 2.34. The van der Waals surface area contributed by atoms with Crippen LogP contribution in [-0.2, 0) is 17.8 Å². The van der Waals surface area contributed by atoms with Crippen LogP contribution < -0.4 is 10.2 Å². The number of para-hydroxylation sites is 1. The lowest BCUT2D eigenvalue weighted by Crippen LogP contribution is -2.59. The summed E-state index contributed by atoms with van der Waals surface area (Å²) in [5.74, 6) is 0. The first-order valence-electron chi connectivity index (χ1n) is 9.69. The summed E-state index contributed by atoms with van der Waals surface area (Å²) in [5, 5.41) is 33.3. The molecule has 3 heterocycles. The first kappa shape index (κ1) is 20.1. The van der Waals surface area contributed by atoms with Gasteiger partial charge in [0.05, 0.1) is 25.3 Å². The van der Waals surface area contributed by atoms with Gasteiger partial charge in [-0.3, -0.25) is 4.99 Å². The molecule has 5 atom stereocenters. The summed E-state index contributed by atoms with van der Waals surface area (Å²) in [5.41, 5.74) is 1.61. The summed E-state index contributed by atoms with van der Waals surface area (Å²) in [6.07, 6.45) is -0.700. The minimum atomic E-state index is -1.02. The van der Waals surface area contributed by atoms with Crippen LogP contribution in [0.15, 0.2) is 41.5 Å². The van der Waals surface area contributed by atoms with Crippen molar-refractivity contribution in [1.82, 2.24) is 20.3 Å². The van der Waals surface area contributed by atoms with E-state index in [0.29, 0.717) is 19.6 Å². The molecule has 0 saturated carbocycles. The number of hydrogen-bond donors (Lipinski definition) is 3. The molecule has 2 fully saturated rings. The van der Waals surface area contributed by atoms with Crippen LogP contribution in [0.2, 0.25) is 0 Å². The fourth-order valence-corrected chi connectivity index (χ4v) is 4.75. The van der Waals surface area contributed by atoms with Crippen LogP contribution in [0.4, 0.5) is 5.69 Å². The highest BCUT2D eigenvalue weighted by molar-refractivity contribution is 8.14. The topological polar surface area (TPSA) is 108 Å². The maximum absolute atomic E-state index is 10.5. The van der Waals surface area contributed by atoms with Crippen LogP contribution in [-0.4, -0.2) is 73.8 Å². The Balaban J connectivity index is 1.39. The van der Waals surface area contributed by atoms with Gasteiger partial charge >= 0.3 is 0 Å². The number of hydrogen-bond acceptors (Lipinski definition) is 8. The molecule has 29 heavy (non-hydrogen) atoms. The predicted octanol–water partition coefficient (Wildman–Crippen LogP) is 0.442. The molecule has 0 bridgehead atoms. The van der Waals surface area contributed by atoms with E-state index in [4.69, 9.17) is 4.74 Å². The first-order valence-corrected chi connectivity index (χ1v) is 10.6. The van der Waals surface area contributed by atoms with E-state index >= 15 is 0 Å². The number of fused-ring (bicyclic) bond motifs is 1. The highest BCUT2D eigenvalue weighted by atomic mass is 32.2. The molecule has 156 valence electrons. The third kappa shape index (κ3) is 4.40. The normalized spacial score (nSPS) is 30.2. The number of benzene rings is 1. The zero-order chi connectivity index (χ0) is 20.4. The number of ether oxygens (including phenoxy) is 1. The molecule has 0 aliphatic carbocycles. The van der Waals surface area contributed by atoms with Gasteiger partial charge in [-0.25, -0.2) is 4.68 Å². The number of thioether (sulfide) groups is 1. The average Bonchev–Trinajstić information content (AvgIpc) is 3.33. The minimum Gasteiger partial charge on any atom is -0.388 e. The zero-order valence-electron chi connectivity index (χ0n) is 16.4. The van der Waals surface area contributed by atoms with Gasteiger partial charge in [0.15, 0.2) is 5.17 Å². The Bertz CT molecular complexity index is 847.